The maximum absolute atomic E-state index is 12.0. The number of hydrogen-bond acceptors (Lipinski definition) is 4. The molecule has 6 heteroatoms. The van der Waals surface area contributed by atoms with E-state index >= 15 is 0 Å². The number of nitrogens with zero attached hydrogens (tertiary/aromatic N) is 2. The number of aromatic nitrogens is 1. The second-order valence-corrected chi connectivity index (χ2v) is 5.34. The summed E-state index contributed by atoms with van der Waals surface area (Å²) >= 11 is 5.98. The van der Waals surface area contributed by atoms with E-state index in [0.29, 0.717) is 29.7 Å². The molecule has 0 N–H and O–H groups in total. The predicted molar refractivity (Wildman–Crippen MR) is 82.2 cm³/mol. The average molecular weight is 319 g/mol. The van der Waals surface area contributed by atoms with E-state index in [1.165, 1.54) is 0 Å². The molecule has 0 radical (unpaired) electrons. The van der Waals surface area contributed by atoms with Crippen LogP contribution in [0.3, 0.4) is 0 Å². The van der Waals surface area contributed by atoms with Crippen molar-refractivity contribution in [3.8, 4) is 11.6 Å². The van der Waals surface area contributed by atoms with E-state index in [1.54, 1.807) is 23.2 Å². The Labute approximate surface area is 133 Å². The molecule has 22 heavy (non-hydrogen) atoms. The third-order valence-corrected chi connectivity index (χ3v) is 3.60. The van der Waals surface area contributed by atoms with Crippen LogP contribution in [0.15, 0.2) is 48.7 Å². The predicted octanol–water partition coefficient (Wildman–Crippen LogP) is 2.40. The van der Waals surface area contributed by atoms with Gasteiger partial charge in [0.25, 0.3) is 5.91 Å². The molecule has 1 amide bonds. The second-order valence-electron chi connectivity index (χ2n) is 4.93. The van der Waals surface area contributed by atoms with Crippen LogP contribution >= 0.6 is 11.6 Å². The molecule has 5 nitrogen and oxygen atoms in total. The van der Waals surface area contributed by atoms with E-state index in [1.807, 2.05) is 30.3 Å². The third-order valence-electron chi connectivity index (χ3n) is 3.31. The van der Waals surface area contributed by atoms with Crippen molar-refractivity contribution >= 4 is 17.5 Å². The number of para-hydroxylation sites is 1. The van der Waals surface area contributed by atoms with Crippen LogP contribution in [0, 0.1) is 0 Å². The lowest BCUT2D eigenvalue weighted by Gasteiger charge is -2.38. The molecule has 1 saturated heterocycles. The summed E-state index contributed by atoms with van der Waals surface area (Å²) in [5.74, 6) is 1.03. The number of halogens is 1. The number of rotatable bonds is 5. The highest BCUT2D eigenvalue weighted by Gasteiger charge is 2.33. The maximum atomic E-state index is 12.0. The number of likely N-dealkylation sites (tertiary alicyclic amines) is 1. The Morgan fingerprint density at radius 3 is 2.73 bits per heavy atom. The van der Waals surface area contributed by atoms with Gasteiger partial charge in [-0.15, -0.1) is 0 Å². The van der Waals surface area contributed by atoms with Crippen LogP contribution < -0.4 is 9.47 Å². The zero-order valence-electron chi connectivity index (χ0n) is 11.8. The minimum absolute atomic E-state index is 0.0288. The number of pyridine rings is 1. The van der Waals surface area contributed by atoms with Gasteiger partial charge >= 0.3 is 0 Å². The molecule has 1 aromatic carbocycles. The van der Waals surface area contributed by atoms with Crippen molar-refractivity contribution < 1.29 is 14.3 Å². The van der Waals surface area contributed by atoms with Gasteiger partial charge in [0.15, 0.2) is 6.61 Å². The fraction of sp³-hybridized carbons (Fsp3) is 0.250. The molecule has 0 spiro atoms. The number of carbonyl (C=O) groups is 1. The van der Waals surface area contributed by atoms with Gasteiger partial charge in [-0.05, 0) is 24.3 Å². The number of amides is 1. The fourth-order valence-corrected chi connectivity index (χ4v) is 2.25. The van der Waals surface area contributed by atoms with E-state index in [4.69, 9.17) is 21.1 Å². The van der Waals surface area contributed by atoms with Crippen LogP contribution in [-0.4, -0.2) is 41.6 Å². The molecule has 1 aromatic heterocycles. The Morgan fingerprint density at radius 2 is 2.00 bits per heavy atom. The molecule has 0 atom stereocenters. The SMILES string of the molecule is O=C(COc1ccccc1)N1CC(Oc2ncccc2Cl)C1. The molecular formula is C16H15ClN2O3. The van der Waals surface area contributed by atoms with Crippen LogP contribution in [0.5, 0.6) is 11.6 Å². The largest absolute Gasteiger partial charge is 0.484 e. The molecule has 0 unspecified atom stereocenters. The fourth-order valence-electron chi connectivity index (χ4n) is 2.09. The summed E-state index contributed by atoms with van der Waals surface area (Å²) in [5, 5.41) is 0.472. The highest BCUT2D eigenvalue weighted by atomic mass is 35.5. The molecule has 114 valence electrons. The number of ether oxygens (including phenoxy) is 2. The standard InChI is InChI=1S/C16H15ClN2O3/c17-14-7-4-8-18-16(14)22-13-9-19(10-13)15(20)11-21-12-5-2-1-3-6-12/h1-8,13H,9-11H2. The Morgan fingerprint density at radius 1 is 1.23 bits per heavy atom. The first kappa shape index (κ1) is 14.7. The van der Waals surface area contributed by atoms with Crippen molar-refractivity contribution in [3.05, 3.63) is 53.7 Å². The summed E-state index contributed by atoms with van der Waals surface area (Å²) in [5.41, 5.74) is 0. The summed E-state index contributed by atoms with van der Waals surface area (Å²) < 4.78 is 11.1. The summed E-state index contributed by atoms with van der Waals surface area (Å²) in [6.45, 7) is 1.06. The van der Waals surface area contributed by atoms with Crippen LogP contribution in [-0.2, 0) is 4.79 Å². The smallest absolute Gasteiger partial charge is 0.260 e. The number of hydrogen-bond donors (Lipinski definition) is 0. The summed E-state index contributed by atoms with van der Waals surface area (Å²) in [7, 11) is 0. The highest BCUT2D eigenvalue weighted by Crippen LogP contribution is 2.23. The molecule has 0 bridgehead atoms. The van der Waals surface area contributed by atoms with Gasteiger partial charge in [-0.3, -0.25) is 4.79 Å². The van der Waals surface area contributed by atoms with E-state index in [-0.39, 0.29) is 18.6 Å². The number of carbonyl (C=O) groups excluding carboxylic acids is 1. The lowest BCUT2D eigenvalue weighted by molar-refractivity contribution is -0.142. The Kier molecular flexibility index (Phi) is 4.44. The molecule has 2 aromatic rings. The van der Waals surface area contributed by atoms with E-state index in [0.717, 1.165) is 0 Å². The van der Waals surface area contributed by atoms with Crippen LogP contribution in [0.4, 0.5) is 0 Å². The van der Waals surface area contributed by atoms with Crippen molar-refractivity contribution in [3.63, 3.8) is 0 Å². The van der Waals surface area contributed by atoms with E-state index in [2.05, 4.69) is 4.98 Å². The van der Waals surface area contributed by atoms with Crippen LogP contribution in [0.25, 0.3) is 0 Å². The van der Waals surface area contributed by atoms with Gasteiger partial charge in [0.05, 0.1) is 13.1 Å². The molecule has 1 aliphatic rings. The number of benzene rings is 1. The zero-order valence-corrected chi connectivity index (χ0v) is 12.6. The third kappa shape index (κ3) is 3.49. The minimum atomic E-state index is -0.0759. The molecule has 0 saturated carbocycles. The van der Waals surface area contributed by atoms with Crippen molar-refractivity contribution in [1.29, 1.82) is 0 Å². The molecule has 2 heterocycles. The first-order valence-corrected chi connectivity index (χ1v) is 7.33. The Hall–Kier alpha value is -2.27. The second kappa shape index (κ2) is 6.66. The van der Waals surface area contributed by atoms with Gasteiger partial charge in [0.2, 0.25) is 5.88 Å². The Bertz CT molecular complexity index is 645. The molecule has 1 aliphatic heterocycles. The van der Waals surface area contributed by atoms with E-state index in [9.17, 15) is 4.79 Å². The van der Waals surface area contributed by atoms with Crippen molar-refractivity contribution in [2.45, 2.75) is 6.10 Å². The normalized spacial score (nSPS) is 14.3. The summed E-state index contributed by atoms with van der Waals surface area (Å²) in [4.78, 5) is 17.7. The summed E-state index contributed by atoms with van der Waals surface area (Å²) in [6, 6.07) is 12.7. The first-order chi connectivity index (χ1) is 10.7. The lowest BCUT2D eigenvalue weighted by Crippen LogP contribution is -2.57. The quantitative estimate of drug-likeness (QED) is 0.849. The van der Waals surface area contributed by atoms with Gasteiger partial charge in [-0.1, -0.05) is 29.8 Å². The first-order valence-electron chi connectivity index (χ1n) is 6.95. The van der Waals surface area contributed by atoms with Gasteiger partial charge < -0.3 is 14.4 Å². The zero-order chi connectivity index (χ0) is 15.4. The molecular weight excluding hydrogens is 304 g/mol. The molecule has 3 rings (SSSR count). The van der Waals surface area contributed by atoms with Gasteiger partial charge in [0, 0.05) is 6.20 Å². The van der Waals surface area contributed by atoms with Gasteiger partial charge in [-0.2, -0.15) is 0 Å². The van der Waals surface area contributed by atoms with E-state index < -0.39 is 0 Å². The molecule has 0 aliphatic carbocycles. The van der Waals surface area contributed by atoms with Crippen molar-refractivity contribution in [2.75, 3.05) is 19.7 Å². The molecule has 1 fully saturated rings. The van der Waals surface area contributed by atoms with Crippen LogP contribution in [0.1, 0.15) is 0 Å². The van der Waals surface area contributed by atoms with Crippen molar-refractivity contribution in [1.82, 2.24) is 9.88 Å². The maximum Gasteiger partial charge on any atom is 0.260 e. The van der Waals surface area contributed by atoms with Crippen molar-refractivity contribution in [2.24, 2.45) is 0 Å². The summed E-state index contributed by atoms with van der Waals surface area (Å²) in [6.07, 6.45) is 1.55. The van der Waals surface area contributed by atoms with Gasteiger partial charge in [0.1, 0.15) is 16.9 Å². The van der Waals surface area contributed by atoms with Gasteiger partial charge in [-0.25, -0.2) is 4.98 Å². The average Bonchev–Trinajstić information content (AvgIpc) is 2.51. The Balaban J connectivity index is 1.43. The lowest BCUT2D eigenvalue weighted by atomic mass is 10.1. The minimum Gasteiger partial charge on any atom is -0.484 e. The topological polar surface area (TPSA) is 51.7 Å². The monoisotopic (exact) mass is 318 g/mol. The highest BCUT2D eigenvalue weighted by molar-refractivity contribution is 6.31. The van der Waals surface area contributed by atoms with Crippen LogP contribution in [0.2, 0.25) is 5.02 Å².